The standard InChI is InChI=1S/C18H16N2O2S/c1-22-14-6-2-4-12(8-14)16-7-3-5-13-9-15(23-18(13)16)10-17(21)20-11-19/h2-9,11H,10H2,1H3,(H2,19,20,21). The van der Waals surface area contributed by atoms with Crippen LogP contribution in [-0.2, 0) is 11.2 Å². The van der Waals surface area contributed by atoms with Crippen molar-refractivity contribution >= 4 is 33.7 Å². The quantitative estimate of drug-likeness (QED) is 0.589. The van der Waals surface area contributed by atoms with E-state index in [0.29, 0.717) is 0 Å². The number of carbonyl (C=O) groups excluding carboxylic acids is 1. The molecule has 1 aromatic heterocycles. The highest BCUT2D eigenvalue weighted by Gasteiger charge is 2.11. The smallest absolute Gasteiger partial charge is 0.252 e. The van der Waals surface area contributed by atoms with Crippen molar-refractivity contribution in [2.45, 2.75) is 6.42 Å². The number of hydrogen-bond acceptors (Lipinski definition) is 3. The molecule has 23 heavy (non-hydrogen) atoms. The molecule has 2 N–H and O–H groups in total. The Morgan fingerprint density at radius 3 is 2.87 bits per heavy atom. The van der Waals surface area contributed by atoms with Gasteiger partial charge < -0.3 is 10.5 Å². The van der Waals surface area contributed by atoms with Gasteiger partial charge in [0.1, 0.15) is 5.75 Å². The SMILES string of the molecule is COc1cccc(-c2cccc3cc(CC(=O)N=CN)sc23)c1. The van der Waals surface area contributed by atoms with Crippen LogP contribution in [0.15, 0.2) is 53.5 Å². The molecule has 0 fully saturated rings. The number of amides is 1. The van der Waals surface area contributed by atoms with E-state index in [2.05, 4.69) is 23.2 Å². The Balaban J connectivity index is 2.04. The van der Waals surface area contributed by atoms with E-state index < -0.39 is 0 Å². The lowest BCUT2D eigenvalue weighted by molar-refractivity contribution is -0.117. The van der Waals surface area contributed by atoms with Crippen molar-refractivity contribution in [3.63, 3.8) is 0 Å². The molecule has 0 aliphatic heterocycles. The second-order valence-corrected chi connectivity index (χ2v) is 6.15. The van der Waals surface area contributed by atoms with Gasteiger partial charge in [-0.1, -0.05) is 30.3 Å². The fraction of sp³-hybridized carbons (Fsp3) is 0.111. The lowest BCUT2D eigenvalue weighted by Crippen LogP contribution is -2.00. The van der Waals surface area contributed by atoms with Crippen molar-refractivity contribution in [2.75, 3.05) is 7.11 Å². The molecule has 4 nitrogen and oxygen atoms in total. The molecule has 0 aliphatic rings. The minimum absolute atomic E-state index is 0.234. The molecule has 0 spiro atoms. The maximum atomic E-state index is 11.6. The maximum Gasteiger partial charge on any atom is 0.252 e. The zero-order valence-corrected chi connectivity index (χ0v) is 13.5. The Kier molecular flexibility index (Phi) is 4.39. The van der Waals surface area contributed by atoms with Crippen LogP contribution in [0.2, 0.25) is 0 Å². The van der Waals surface area contributed by atoms with E-state index in [1.807, 2.05) is 30.3 Å². The summed E-state index contributed by atoms with van der Waals surface area (Å²) in [5, 5.41) is 1.12. The first kappa shape index (κ1) is 15.2. The molecule has 116 valence electrons. The molecule has 2 aromatic carbocycles. The normalized spacial score (nSPS) is 11.2. The third kappa shape index (κ3) is 3.24. The number of carbonyl (C=O) groups is 1. The van der Waals surface area contributed by atoms with E-state index in [4.69, 9.17) is 10.5 Å². The number of aliphatic imine (C=N–C) groups is 1. The number of hydrogen-bond donors (Lipinski definition) is 1. The van der Waals surface area contributed by atoms with E-state index in [0.717, 1.165) is 38.2 Å². The third-order valence-corrected chi connectivity index (χ3v) is 4.70. The Hall–Kier alpha value is -2.66. The van der Waals surface area contributed by atoms with Crippen LogP contribution in [0, 0.1) is 0 Å². The molecular weight excluding hydrogens is 308 g/mol. The molecule has 3 aromatic rings. The minimum Gasteiger partial charge on any atom is -0.497 e. The highest BCUT2D eigenvalue weighted by Crippen LogP contribution is 2.36. The van der Waals surface area contributed by atoms with Gasteiger partial charge in [-0.25, -0.2) is 4.99 Å². The summed E-state index contributed by atoms with van der Waals surface area (Å²) in [5.41, 5.74) is 7.39. The van der Waals surface area contributed by atoms with Gasteiger partial charge in [-0.05, 0) is 34.7 Å². The number of methoxy groups -OCH3 is 1. The molecule has 0 aliphatic carbocycles. The second-order valence-electron chi connectivity index (χ2n) is 5.02. The van der Waals surface area contributed by atoms with Crippen LogP contribution in [0.3, 0.4) is 0 Å². The van der Waals surface area contributed by atoms with Gasteiger partial charge in [-0.15, -0.1) is 11.3 Å². The summed E-state index contributed by atoms with van der Waals surface area (Å²) in [5.74, 6) is 0.589. The van der Waals surface area contributed by atoms with Crippen LogP contribution < -0.4 is 10.5 Å². The zero-order valence-electron chi connectivity index (χ0n) is 12.7. The molecule has 0 unspecified atom stereocenters. The Morgan fingerprint density at radius 2 is 2.09 bits per heavy atom. The molecule has 3 rings (SSSR count). The zero-order chi connectivity index (χ0) is 16.2. The van der Waals surface area contributed by atoms with E-state index in [-0.39, 0.29) is 12.3 Å². The van der Waals surface area contributed by atoms with E-state index in [1.54, 1.807) is 18.4 Å². The molecule has 0 saturated carbocycles. The van der Waals surface area contributed by atoms with E-state index >= 15 is 0 Å². The Bertz CT molecular complexity index is 884. The van der Waals surface area contributed by atoms with Crippen molar-refractivity contribution in [1.82, 2.24) is 0 Å². The average Bonchev–Trinajstić information content (AvgIpc) is 2.97. The van der Waals surface area contributed by atoms with Crippen molar-refractivity contribution in [3.05, 3.63) is 53.4 Å². The van der Waals surface area contributed by atoms with Gasteiger partial charge in [-0.2, -0.15) is 0 Å². The van der Waals surface area contributed by atoms with Gasteiger partial charge >= 0.3 is 0 Å². The summed E-state index contributed by atoms with van der Waals surface area (Å²) in [6.07, 6.45) is 1.31. The molecule has 1 heterocycles. The molecule has 5 heteroatoms. The predicted octanol–water partition coefficient (Wildman–Crippen LogP) is 3.63. The summed E-state index contributed by atoms with van der Waals surface area (Å²) >= 11 is 1.61. The topological polar surface area (TPSA) is 64.7 Å². The fourth-order valence-electron chi connectivity index (χ4n) is 2.50. The van der Waals surface area contributed by atoms with Gasteiger partial charge in [0.05, 0.1) is 19.9 Å². The van der Waals surface area contributed by atoms with E-state index in [9.17, 15) is 4.79 Å². The van der Waals surface area contributed by atoms with Crippen molar-refractivity contribution in [1.29, 1.82) is 0 Å². The second kappa shape index (κ2) is 6.62. The highest BCUT2D eigenvalue weighted by molar-refractivity contribution is 7.19. The number of benzene rings is 2. The summed E-state index contributed by atoms with van der Waals surface area (Å²) in [7, 11) is 1.66. The summed E-state index contributed by atoms with van der Waals surface area (Å²) in [6.45, 7) is 0. The number of nitrogens with zero attached hydrogens (tertiary/aromatic N) is 1. The molecule has 0 saturated heterocycles. The summed E-state index contributed by atoms with van der Waals surface area (Å²) < 4.78 is 6.46. The van der Waals surface area contributed by atoms with Gasteiger partial charge in [0.15, 0.2) is 0 Å². The van der Waals surface area contributed by atoms with Gasteiger partial charge in [0.25, 0.3) is 5.91 Å². The van der Waals surface area contributed by atoms with Gasteiger partial charge in [0, 0.05) is 9.58 Å². The van der Waals surface area contributed by atoms with Crippen LogP contribution >= 0.6 is 11.3 Å². The number of nitrogens with two attached hydrogens (primary N) is 1. The largest absolute Gasteiger partial charge is 0.497 e. The molecule has 0 radical (unpaired) electrons. The van der Waals surface area contributed by atoms with Crippen LogP contribution in [-0.4, -0.2) is 19.4 Å². The highest BCUT2D eigenvalue weighted by atomic mass is 32.1. The molecular formula is C18H16N2O2S. The first-order valence-corrected chi connectivity index (χ1v) is 7.96. The molecule has 0 bridgehead atoms. The lowest BCUT2D eigenvalue weighted by atomic mass is 10.0. The van der Waals surface area contributed by atoms with Crippen LogP contribution in [0.4, 0.5) is 0 Å². The van der Waals surface area contributed by atoms with Crippen LogP contribution in [0.1, 0.15) is 4.88 Å². The summed E-state index contributed by atoms with van der Waals surface area (Å²) in [4.78, 5) is 16.2. The van der Waals surface area contributed by atoms with Gasteiger partial charge in [0.2, 0.25) is 0 Å². The number of rotatable bonds is 4. The van der Waals surface area contributed by atoms with Crippen LogP contribution in [0.25, 0.3) is 21.2 Å². The average molecular weight is 324 g/mol. The monoisotopic (exact) mass is 324 g/mol. The van der Waals surface area contributed by atoms with Crippen LogP contribution in [0.5, 0.6) is 5.75 Å². The van der Waals surface area contributed by atoms with Crippen molar-refractivity contribution in [3.8, 4) is 16.9 Å². The molecule has 0 atom stereocenters. The first-order valence-electron chi connectivity index (χ1n) is 7.14. The van der Waals surface area contributed by atoms with E-state index in [1.165, 1.54) is 0 Å². The lowest BCUT2D eigenvalue weighted by Gasteiger charge is -2.06. The summed E-state index contributed by atoms with van der Waals surface area (Å²) in [6, 6.07) is 16.2. The Labute approximate surface area is 138 Å². The maximum absolute atomic E-state index is 11.6. The third-order valence-electron chi connectivity index (χ3n) is 3.52. The minimum atomic E-state index is -0.234. The van der Waals surface area contributed by atoms with Crippen molar-refractivity contribution in [2.24, 2.45) is 10.7 Å². The Morgan fingerprint density at radius 1 is 1.26 bits per heavy atom. The number of ether oxygens (including phenoxy) is 1. The van der Waals surface area contributed by atoms with Gasteiger partial charge in [-0.3, -0.25) is 4.79 Å². The van der Waals surface area contributed by atoms with Crippen molar-refractivity contribution < 1.29 is 9.53 Å². The number of fused-ring (bicyclic) bond motifs is 1. The molecule has 1 amide bonds. The fourth-order valence-corrected chi connectivity index (χ4v) is 3.68. The predicted molar refractivity (Wildman–Crippen MR) is 95.2 cm³/mol. The number of thiophene rings is 1. The first-order chi connectivity index (χ1) is 11.2.